The summed E-state index contributed by atoms with van der Waals surface area (Å²) in [6, 6.07) is 6.92. The number of ether oxygens (including phenoxy) is 1. The van der Waals surface area contributed by atoms with Crippen LogP contribution in [0.15, 0.2) is 41.5 Å². The second kappa shape index (κ2) is 8.32. The zero-order valence-electron chi connectivity index (χ0n) is 14.9. The van der Waals surface area contributed by atoms with Crippen LogP contribution in [0.5, 0.6) is 0 Å². The molecule has 0 spiro atoms. The van der Waals surface area contributed by atoms with Gasteiger partial charge in [0, 0.05) is 17.4 Å². The minimum Gasteiger partial charge on any atom is -0.386 e. The van der Waals surface area contributed by atoms with Crippen molar-refractivity contribution < 1.29 is 18.7 Å². The van der Waals surface area contributed by atoms with Gasteiger partial charge in [-0.25, -0.2) is 4.39 Å². The normalized spacial score (nSPS) is 18.6. The third-order valence-corrected chi connectivity index (χ3v) is 4.11. The third kappa shape index (κ3) is 4.44. The van der Waals surface area contributed by atoms with Gasteiger partial charge in [0.2, 0.25) is 5.91 Å². The minimum atomic E-state index is -0.992. The number of halogens is 2. The summed E-state index contributed by atoms with van der Waals surface area (Å²) in [6.45, 7) is 2.06. The number of amides is 2. The number of hydrogen-bond acceptors (Lipinski definition) is 6. The van der Waals surface area contributed by atoms with Crippen molar-refractivity contribution in [3.63, 3.8) is 0 Å². The van der Waals surface area contributed by atoms with Crippen molar-refractivity contribution in [1.82, 2.24) is 4.98 Å². The summed E-state index contributed by atoms with van der Waals surface area (Å²) in [5, 5.41) is 2.64. The van der Waals surface area contributed by atoms with E-state index in [1.807, 2.05) is 0 Å². The fourth-order valence-electron chi connectivity index (χ4n) is 2.76. The predicted molar refractivity (Wildman–Crippen MR) is 104 cm³/mol. The lowest BCUT2D eigenvalue weighted by Gasteiger charge is -2.30. The molecule has 8 nitrogen and oxygen atoms in total. The molecule has 0 radical (unpaired) electrons. The summed E-state index contributed by atoms with van der Waals surface area (Å²) in [4.78, 5) is 31.6. The molecule has 1 atom stereocenters. The van der Waals surface area contributed by atoms with Gasteiger partial charge >= 0.3 is 0 Å². The van der Waals surface area contributed by atoms with E-state index in [0.717, 1.165) is 0 Å². The third-order valence-electron chi connectivity index (χ3n) is 4.11. The number of carbonyl (C=O) groups is 2. The van der Waals surface area contributed by atoms with Crippen LogP contribution in [0.3, 0.4) is 0 Å². The van der Waals surface area contributed by atoms with E-state index in [9.17, 15) is 14.0 Å². The molecule has 3 rings (SSSR count). The molecule has 28 heavy (non-hydrogen) atoms. The van der Waals surface area contributed by atoms with Crippen LogP contribution in [0, 0.1) is 5.82 Å². The van der Waals surface area contributed by atoms with Crippen molar-refractivity contribution in [3.05, 3.63) is 59.2 Å². The van der Waals surface area contributed by atoms with Crippen molar-refractivity contribution in [2.45, 2.75) is 12.5 Å². The Morgan fingerprint density at radius 1 is 1.29 bits per heavy atom. The predicted octanol–water partition coefficient (Wildman–Crippen LogP) is 1.60. The van der Waals surface area contributed by atoms with Crippen LogP contribution >= 0.6 is 12.4 Å². The summed E-state index contributed by atoms with van der Waals surface area (Å²) < 4.78 is 19.7. The monoisotopic (exact) mass is 407 g/mol. The minimum absolute atomic E-state index is 0. The van der Waals surface area contributed by atoms with E-state index in [0.29, 0.717) is 5.69 Å². The van der Waals surface area contributed by atoms with Crippen LogP contribution in [0.4, 0.5) is 10.1 Å². The van der Waals surface area contributed by atoms with Crippen molar-refractivity contribution >= 4 is 35.7 Å². The molecule has 0 saturated heterocycles. The van der Waals surface area contributed by atoms with Crippen LogP contribution < -0.4 is 16.8 Å². The number of nitrogens with two attached hydrogens (primary N) is 2. The van der Waals surface area contributed by atoms with Gasteiger partial charge < -0.3 is 21.5 Å². The van der Waals surface area contributed by atoms with Gasteiger partial charge in [-0.05, 0) is 37.3 Å². The molecule has 0 fully saturated rings. The standard InChI is InChI=1S/C18H18FN5O3.ClH/c1-18(9-27-8-15(20)24-18)12-6-11(3-4-13(12)19)23-17(26)14-5-2-10(7-22-14)16(21)25;/h2-7H,8-9H2,1H3,(H2,20,24)(H2,21,25)(H,23,26);1H. The number of anilines is 1. The second-order valence-electron chi connectivity index (χ2n) is 6.31. The summed E-state index contributed by atoms with van der Waals surface area (Å²) >= 11 is 0. The van der Waals surface area contributed by atoms with E-state index in [1.54, 1.807) is 6.92 Å². The zero-order valence-corrected chi connectivity index (χ0v) is 15.8. The molecule has 5 N–H and O–H groups in total. The molecule has 2 heterocycles. The van der Waals surface area contributed by atoms with E-state index in [1.165, 1.54) is 36.5 Å². The number of benzene rings is 1. The molecule has 0 aliphatic carbocycles. The smallest absolute Gasteiger partial charge is 0.274 e. The van der Waals surface area contributed by atoms with Crippen LogP contribution in [-0.4, -0.2) is 35.8 Å². The van der Waals surface area contributed by atoms with Gasteiger partial charge in [0.1, 0.15) is 29.5 Å². The van der Waals surface area contributed by atoms with Gasteiger partial charge in [-0.1, -0.05) is 0 Å². The Balaban J connectivity index is 0.00000280. The van der Waals surface area contributed by atoms with Gasteiger partial charge in [0.15, 0.2) is 0 Å². The van der Waals surface area contributed by atoms with Crippen molar-refractivity contribution in [2.75, 3.05) is 18.5 Å². The fraction of sp³-hybridized carbons (Fsp3) is 0.222. The van der Waals surface area contributed by atoms with Crippen molar-refractivity contribution in [2.24, 2.45) is 16.5 Å². The van der Waals surface area contributed by atoms with Gasteiger partial charge in [0.05, 0.1) is 12.2 Å². The topological polar surface area (TPSA) is 133 Å². The Morgan fingerprint density at radius 2 is 2.04 bits per heavy atom. The molecular weight excluding hydrogens is 389 g/mol. The number of pyridine rings is 1. The van der Waals surface area contributed by atoms with Crippen molar-refractivity contribution in [1.29, 1.82) is 0 Å². The number of hydrogen-bond donors (Lipinski definition) is 3. The highest BCUT2D eigenvalue weighted by Crippen LogP contribution is 2.32. The first-order chi connectivity index (χ1) is 12.8. The molecule has 1 aliphatic heterocycles. The van der Waals surface area contributed by atoms with Gasteiger partial charge in [-0.2, -0.15) is 0 Å². The second-order valence-corrected chi connectivity index (χ2v) is 6.31. The Morgan fingerprint density at radius 3 is 2.64 bits per heavy atom. The first-order valence-corrected chi connectivity index (χ1v) is 8.08. The van der Waals surface area contributed by atoms with Gasteiger partial charge in [-0.3, -0.25) is 19.6 Å². The largest absolute Gasteiger partial charge is 0.386 e. The highest BCUT2D eigenvalue weighted by atomic mass is 35.5. The lowest BCUT2D eigenvalue weighted by atomic mass is 9.92. The Hall–Kier alpha value is -3.04. The first kappa shape index (κ1) is 21.3. The number of nitrogens with one attached hydrogen (secondary N) is 1. The van der Waals surface area contributed by atoms with Crippen LogP contribution in [0.1, 0.15) is 33.3 Å². The lowest BCUT2D eigenvalue weighted by Crippen LogP contribution is -2.38. The van der Waals surface area contributed by atoms with E-state index in [4.69, 9.17) is 16.2 Å². The Kier molecular flexibility index (Phi) is 6.32. The maximum Gasteiger partial charge on any atom is 0.274 e. The summed E-state index contributed by atoms with van der Waals surface area (Å²) in [5.41, 5.74) is 10.8. The first-order valence-electron chi connectivity index (χ1n) is 8.08. The van der Waals surface area contributed by atoms with E-state index in [-0.39, 0.29) is 48.3 Å². The number of amidine groups is 1. The molecule has 1 unspecified atom stereocenters. The molecule has 1 aromatic heterocycles. The molecule has 1 aliphatic rings. The van der Waals surface area contributed by atoms with Gasteiger partial charge in [0.25, 0.3) is 5.91 Å². The number of carbonyl (C=O) groups excluding carboxylic acids is 2. The van der Waals surface area contributed by atoms with E-state index >= 15 is 0 Å². The number of aliphatic imine (C=N–C) groups is 1. The summed E-state index contributed by atoms with van der Waals surface area (Å²) in [5.74, 6) is -1.37. The molecule has 2 amide bonds. The van der Waals surface area contributed by atoms with Crippen LogP contribution in [0.25, 0.3) is 0 Å². The molecule has 1 aromatic carbocycles. The average Bonchev–Trinajstić information content (AvgIpc) is 2.63. The highest BCUT2D eigenvalue weighted by Gasteiger charge is 2.33. The van der Waals surface area contributed by atoms with E-state index in [2.05, 4.69) is 15.3 Å². The molecular formula is C18H19ClFN5O3. The van der Waals surface area contributed by atoms with E-state index < -0.39 is 23.2 Å². The number of nitrogens with zero attached hydrogens (tertiary/aromatic N) is 2. The lowest BCUT2D eigenvalue weighted by molar-refractivity contribution is 0.0993. The quantitative estimate of drug-likeness (QED) is 0.707. The van der Waals surface area contributed by atoms with Crippen molar-refractivity contribution in [3.8, 4) is 0 Å². The molecule has 2 aromatic rings. The number of rotatable bonds is 4. The molecule has 0 saturated carbocycles. The zero-order chi connectivity index (χ0) is 19.6. The maximum atomic E-state index is 14.4. The SMILES string of the molecule is CC1(c2cc(NC(=O)c3ccc(C(N)=O)cn3)ccc2F)COCC(N)=N1.Cl. The fourth-order valence-corrected chi connectivity index (χ4v) is 2.76. The Labute approximate surface area is 166 Å². The molecule has 10 heteroatoms. The highest BCUT2D eigenvalue weighted by molar-refractivity contribution is 6.03. The Bertz CT molecular complexity index is 935. The van der Waals surface area contributed by atoms with Gasteiger partial charge in [-0.15, -0.1) is 12.4 Å². The van der Waals surface area contributed by atoms with Crippen LogP contribution in [-0.2, 0) is 10.3 Å². The summed E-state index contributed by atoms with van der Waals surface area (Å²) in [7, 11) is 0. The molecule has 148 valence electrons. The number of primary amides is 1. The van der Waals surface area contributed by atoms with Crippen LogP contribution in [0.2, 0.25) is 0 Å². The summed E-state index contributed by atoms with van der Waals surface area (Å²) in [6.07, 6.45) is 1.21. The number of aromatic nitrogens is 1. The maximum absolute atomic E-state index is 14.4. The average molecular weight is 408 g/mol. The molecule has 0 bridgehead atoms.